The van der Waals surface area contributed by atoms with Crippen molar-refractivity contribution in [1.29, 1.82) is 0 Å². The number of unbranched alkanes of at least 4 members (excludes halogenated alkanes) is 5. The Balaban J connectivity index is 4.40. The fraction of sp³-hybridized carbons (Fsp3) is 1.00. The molecule has 0 aromatic heterocycles. The monoisotopic (exact) mass is 276 g/mol. The molecule has 0 aliphatic carbocycles. The number of sulfone groups is 1. The molecule has 0 amide bonds. The average molecular weight is 276 g/mol. The summed E-state index contributed by atoms with van der Waals surface area (Å²) < 4.78 is 24.0. The van der Waals surface area contributed by atoms with Crippen LogP contribution in [0.1, 0.15) is 85.5 Å². The van der Waals surface area contributed by atoms with Gasteiger partial charge in [-0.15, -0.1) is 0 Å². The maximum atomic E-state index is 12.2. The van der Waals surface area contributed by atoms with E-state index in [1.165, 1.54) is 25.7 Å². The van der Waals surface area contributed by atoms with Crippen molar-refractivity contribution < 1.29 is 8.42 Å². The van der Waals surface area contributed by atoms with Gasteiger partial charge in [-0.2, -0.15) is 0 Å². The summed E-state index contributed by atoms with van der Waals surface area (Å²) in [6.07, 6.45) is 9.74. The van der Waals surface area contributed by atoms with E-state index in [1.807, 2.05) is 6.92 Å². The molecule has 0 aliphatic heterocycles. The van der Waals surface area contributed by atoms with Crippen LogP contribution in [0.4, 0.5) is 0 Å². The van der Waals surface area contributed by atoms with E-state index in [2.05, 4.69) is 13.8 Å². The minimum absolute atomic E-state index is 0.280. The Morgan fingerprint density at radius 1 is 0.778 bits per heavy atom. The molecule has 0 heterocycles. The van der Waals surface area contributed by atoms with Crippen LogP contribution in [0, 0.1) is 0 Å². The topological polar surface area (TPSA) is 34.1 Å². The van der Waals surface area contributed by atoms with Gasteiger partial charge in [0.25, 0.3) is 0 Å². The van der Waals surface area contributed by atoms with Crippen LogP contribution < -0.4 is 0 Å². The first kappa shape index (κ1) is 17.9. The number of rotatable bonds is 11. The quantitative estimate of drug-likeness (QED) is 0.511. The maximum Gasteiger partial charge on any atom is 0.155 e. The lowest BCUT2D eigenvalue weighted by molar-refractivity contribution is 0.444. The summed E-state index contributed by atoms with van der Waals surface area (Å²) in [5.74, 6) is 0.280. The van der Waals surface area contributed by atoms with E-state index >= 15 is 0 Å². The molecule has 0 radical (unpaired) electrons. The van der Waals surface area contributed by atoms with Crippen LogP contribution in [0.25, 0.3) is 0 Å². The Bertz CT molecular complexity index is 296. The minimum atomic E-state index is -2.92. The lowest BCUT2D eigenvalue weighted by Gasteiger charge is -2.29. The Morgan fingerprint density at radius 3 is 1.78 bits per heavy atom. The van der Waals surface area contributed by atoms with E-state index in [9.17, 15) is 8.42 Å². The van der Waals surface area contributed by atoms with Crippen LogP contribution in [0.15, 0.2) is 0 Å². The molecule has 1 unspecified atom stereocenters. The number of hydrogen-bond acceptors (Lipinski definition) is 2. The van der Waals surface area contributed by atoms with Gasteiger partial charge in [-0.25, -0.2) is 8.42 Å². The summed E-state index contributed by atoms with van der Waals surface area (Å²) in [6.45, 7) is 8.06. The normalized spacial score (nSPS) is 15.6. The standard InChI is InChI=1S/C15H32O2S/c1-5-8-10-11-12-14-15(4,13-9-6-2)18(16,17)7-3/h5-14H2,1-4H3. The molecule has 18 heavy (non-hydrogen) atoms. The second kappa shape index (κ2) is 8.95. The summed E-state index contributed by atoms with van der Waals surface area (Å²) in [7, 11) is -2.92. The lowest BCUT2D eigenvalue weighted by atomic mass is 9.96. The molecule has 0 aliphatic rings. The van der Waals surface area contributed by atoms with Gasteiger partial charge in [-0.05, 0) is 19.8 Å². The van der Waals surface area contributed by atoms with E-state index in [0.717, 1.165) is 32.1 Å². The first-order valence-corrected chi connectivity index (χ1v) is 9.31. The fourth-order valence-electron chi connectivity index (χ4n) is 2.44. The SMILES string of the molecule is CCCCCCCC(C)(CCCC)S(=O)(=O)CC. The molecule has 0 rings (SSSR count). The third-order valence-corrected chi connectivity index (χ3v) is 6.67. The highest BCUT2D eigenvalue weighted by atomic mass is 32.2. The van der Waals surface area contributed by atoms with Gasteiger partial charge in [0, 0.05) is 5.75 Å². The smallest absolute Gasteiger partial charge is 0.155 e. The Hall–Kier alpha value is -0.0500. The molecule has 0 saturated heterocycles. The third-order valence-electron chi connectivity index (χ3n) is 4.00. The molecule has 0 aromatic rings. The van der Waals surface area contributed by atoms with Gasteiger partial charge in [0.1, 0.15) is 0 Å². The van der Waals surface area contributed by atoms with Gasteiger partial charge in [-0.3, -0.25) is 0 Å². The minimum Gasteiger partial charge on any atom is -0.228 e. The lowest BCUT2D eigenvalue weighted by Crippen LogP contribution is -2.36. The van der Waals surface area contributed by atoms with E-state index < -0.39 is 14.6 Å². The molecule has 0 bridgehead atoms. The molecular weight excluding hydrogens is 244 g/mol. The van der Waals surface area contributed by atoms with Crippen molar-refractivity contribution in [3.8, 4) is 0 Å². The summed E-state index contributed by atoms with van der Waals surface area (Å²) in [4.78, 5) is 0. The fourth-order valence-corrected chi connectivity index (χ4v) is 4.05. The predicted octanol–water partition coefficient (Wildman–Crippen LogP) is 4.73. The third kappa shape index (κ3) is 5.73. The highest BCUT2D eigenvalue weighted by Gasteiger charge is 2.36. The second-order valence-electron chi connectivity index (χ2n) is 5.62. The van der Waals surface area contributed by atoms with Crippen LogP contribution in [0.3, 0.4) is 0 Å². The Kier molecular flexibility index (Phi) is 8.93. The average Bonchev–Trinajstić information content (AvgIpc) is 2.36. The van der Waals surface area contributed by atoms with Gasteiger partial charge in [0.15, 0.2) is 9.84 Å². The van der Waals surface area contributed by atoms with Gasteiger partial charge in [-0.1, -0.05) is 65.7 Å². The number of hydrogen-bond donors (Lipinski definition) is 0. The summed E-state index contributed by atoms with van der Waals surface area (Å²) in [6, 6.07) is 0. The molecule has 0 fully saturated rings. The van der Waals surface area contributed by atoms with Crippen molar-refractivity contribution >= 4 is 9.84 Å². The van der Waals surface area contributed by atoms with Crippen molar-refractivity contribution in [3.63, 3.8) is 0 Å². The van der Waals surface area contributed by atoms with Gasteiger partial charge < -0.3 is 0 Å². The highest BCUT2D eigenvalue weighted by molar-refractivity contribution is 7.92. The zero-order valence-electron chi connectivity index (χ0n) is 12.8. The van der Waals surface area contributed by atoms with Crippen molar-refractivity contribution in [2.45, 2.75) is 90.2 Å². The summed E-state index contributed by atoms with van der Waals surface area (Å²) in [5, 5.41) is 0. The molecule has 2 nitrogen and oxygen atoms in total. The summed E-state index contributed by atoms with van der Waals surface area (Å²) in [5.41, 5.74) is 0. The predicted molar refractivity (Wildman–Crippen MR) is 80.8 cm³/mol. The molecule has 0 N–H and O–H groups in total. The van der Waals surface area contributed by atoms with Crippen molar-refractivity contribution in [1.82, 2.24) is 0 Å². The Morgan fingerprint density at radius 2 is 1.28 bits per heavy atom. The first-order chi connectivity index (χ1) is 8.43. The molecule has 110 valence electrons. The van der Waals surface area contributed by atoms with Gasteiger partial charge in [0.05, 0.1) is 4.75 Å². The largest absolute Gasteiger partial charge is 0.228 e. The molecular formula is C15H32O2S. The van der Waals surface area contributed by atoms with Crippen LogP contribution in [0.5, 0.6) is 0 Å². The van der Waals surface area contributed by atoms with Crippen molar-refractivity contribution in [3.05, 3.63) is 0 Å². The summed E-state index contributed by atoms with van der Waals surface area (Å²) >= 11 is 0. The zero-order valence-corrected chi connectivity index (χ0v) is 13.6. The van der Waals surface area contributed by atoms with E-state index in [1.54, 1.807) is 6.92 Å². The van der Waals surface area contributed by atoms with Gasteiger partial charge >= 0.3 is 0 Å². The second-order valence-corrected chi connectivity index (χ2v) is 8.41. The van der Waals surface area contributed by atoms with Crippen LogP contribution in [-0.2, 0) is 9.84 Å². The molecule has 0 aromatic carbocycles. The van der Waals surface area contributed by atoms with Crippen molar-refractivity contribution in [2.75, 3.05) is 5.75 Å². The maximum absolute atomic E-state index is 12.2. The van der Waals surface area contributed by atoms with Crippen LogP contribution in [0.2, 0.25) is 0 Å². The zero-order chi connectivity index (χ0) is 14.1. The molecule has 0 spiro atoms. The molecule has 1 atom stereocenters. The molecule has 0 saturated carbocycles. The van der Waals surface area contributed by atoms with Crippen molar-refractivity contribution in [2.24, 2.45) is 0 Å². The highest BCUT2D eigenvalue weighted by Crippen LogP contribution is 2.31. The van der Waals surface area contributed by atoms with E-state index in [-0.39, 0.29) is 5.75 Å². The van der Waals surface area contributed by atoms with Gasteiger partial charge in [0.2, 0.25) is 0 Å². The van der Waals surface area contributed by atoms with Crippen LogP contribution in [-0.4, -0.2) is 18.9 Å². The van der Waals surface area contributed by atoms with E-state index in [4.69, 9.17) is 0 Å². The van der Waals surface area contributed by atoms with Crippen LogP contribution >= 0.6 is 0 Å². The molecule has 3 heteroatoms. The van der Waals surface area contributed by atoms with E-state index in [0.29, 0.717) is 0 Å². The Labute approximate surface area is 114 Å². The first-order valence-electron chi connectivity index (χ1n) is 7.65.